The second-order valence-electron chi connectivity index (χ2n) is 6.18. The maximum atomic E-state index is 10.4. The summed E-state index contributed by atoms with van der Waals surface area (Å²) < 4.78 is 0. The second-order valence-corrected chi connectivity index (χ2v) is 7.04. The van der Waals surface area contributed by atoms with Crippen LogP contribution in [0.4, 0.5) is 0 Å². The van der Waals surface area contributed by atoms with Crippen molar-refractivity contribution in [3.63, 3.8) is 0 Å². The predicted molar refractivity (Wildman–Crippen MR) is 76.0 cm³/mol. The summed E-state index contributed by atoms with van der Waals surface area (Å²) in [5.74, 6) is 0. The van der Waals surface area contributed by atoms with Crippen molar-refractivity contribution in [2.45, 2.75) is 64.0 Å². The Labute approximate surface area is 114 Å². The zero-order valence-corrected chi connectivity index (χ0v) is 12.4. The summed E-state index contributed by atoms with van der Waals surface area (Å²) >= 11 is 1.66. The van der Waals surface area contributed by atoms with Gasteiger partial charge in [-0.2, -0.15) is 0 Å². The smallest absolute Gasteiger partial charge is 0.112 e. The molecule has 0 aliphatic carbocycles. The third kappa shape index (κ3) is 3.31. The van der Waals surface area contributed by atoms with Gasteiger partial charge in [0.1, 0.15) is 6.10 Å². The fraction of sp³-hybridized carbons (Fsp3) is 0.786. The van der Waals surface area contributed by atoms with Gasteiger partial charge in [-0.15, -0.1) is 11.3 Å². The number of rotatable bonds is 2. The Balaban J connectivity index is 2.08. The van der Waals surface area contributed by atoms with E-state index in [-0.39, 0.29) is 11.5 Å². The topological polar surface area (TPSA) is 45.2 Å². The summed E-state index contributed by atoms with van der Waals surface area (Å²) in [5, 5.41) is 17.0. The molecule has 0 spiro atoms. The molecule has 18 heavy (non-hydrogen) atoms. The average molecular weight is 268 g/mol. The summed E-state index contributed by atoms with van der Waals surface area (Å²) in [7, 11) is 0. The van der Waals surface area contributed by atoms with Gasteiger partial charge in [-0.25, -0.2) is 4.98 Å². The van der Waals surface area contributed by atoms with Crippen LogP contribution in [0.15, 0.2) is 5.38 Å². The Morgan fingerprint density at radius 3 is 2.83 bits per heavy atom. The molecule has 0 radical (unpaired) electrons. The van der Waals surface area contributed by atoms with Crippen LogP contribution in [0, 0.1) is 0 Å². The number of aliphatic hydroxyl groups excluding tert-OH is 1. The molecule has 1 aliphatic rings. The first-order chi connectivity index (χ1) is 8.48. The maximum Gasteiger partial charge on any atom is 0.112 e. The molecule has 102 valence electrons. The largest absolute Gasteiger partial charge is 0.385 e. The first-order valence-corrected chi connectivity index (χ1v) is 7.74. The lowest BCUT2D eigenvalue weighted by Gasteiger charge is -2.21. The van der Waals surface area contributed by atoms with Crippen LogP contribution in [-0.4, -0.2) is 22.7 Å². The number of nitrogens with one attached hydrogen (secondary N) is 1. The van der Waals surface area contributed by atoms with E-state index in [1.54, 1.807) is 11.3 Å². The fourth-order valence-electron chi connectivity index (χ4n) is 2.30. The SMILES string of the molecule is CC(C)(C)c1nc(C(O)C2CCCCCN2)cs1. The van der Waals surface area contributed by atoms with Crippen molar-refractivity contribution in [1.82, 2.24) is 10.3 Å². The van der Waals surface area contributed by atoms with Crippen LogP contribution in [0.2, 0.25) is 0 Å². The Kier molecular flexibility index (Phi) is 4.41. The van der Waals surface area contributed by atoms with Crippen molar-refractivity contribution in [2.24, 2.45) is 0 Å². The lowest BCUT2D eigenvalue weighted by molar-refractivity contribution is 0.122. The van der Waals surface area contributed by atoms with Gasteiger partial charge in [0.15, 0.2) is 0 Å². The third-order valence-electron chi connectivity index (χ3n) is 3.45. The Hall–Kier alpha value is -0.450. The highest BCUT2D eigenvalue weighted by molar-refractivity contribution is 7.09. The molecule has 2 atom stereocenters. The zero-order chi connectivity index (χ0) is 13.2. The van der Waals surface area contributed by atoms with Gasteiger partial charge in [-0.05, 0) is 19.4 Å². The molecule has 2 rings (SSSR count). The maximum absolute atomic E-state index is 10.4. The van der Waals surface area contributed by atoms with E-state index < -0.39 is 6.10 Å². The van der Waals surface area contributed by atoms with Crippen LogP contribution < -0.4 is 5.32 Å². The van der Waals surface area contributed by atoms with E-state index in [9.17, 15) is 5.11 Å². The summed E-state index contributed by atoms with van der Waals surface area (Å²) in [6.07, 6.45) is 4.26. The van der Waals surface area contributed by atoms with Gasteiger partial charge in [-0.1, -0.05) is 33.6 Å². The first-order valence-electron chi connectivity index (χ1n) is 6.86. The molecule has 0 aromatic carbocycles. The summed E-state index contributed by atoms with van der Waals surface area (Å²) in [6, 6.07) is 0.169. The summed E-state index contributed by atoms with van der Waals surface area (Å²) in [6.45, 7) is 7.49. The van der Waals surface area contributed by atoms with Crippen molar-refractivity contribution in [1.29, 1.82) is 0 Å². The van der Waals surface area contributed by atoms with Gasteiger partial charge < -0.3 is 10.4 Å². The number of hydrogen-bond acceptors (Lipinski definition) is 4. The lowest BCUT2D eigenvalue weighted by atomic mass is 9.98. The number of nitrogens with zero attached hydrogens (tertiary/aromatic N) is 1. The quantitative estimate of drug-likeness (QED) is 0.866. The van der Waals surface area contributed by atoms with E-state index in [2.05, 4.69) is 31.1 Å². The highest BCUT2D eigenvalue weighted by atomic mass is 32.1. The van der Waals surface area contributed by atoms with Crippen LogP contribution in [0.3, 0.4) is 0 Å². The van der Waals surface area contributed by atoms with E-state index in [1.807, 2.05) is 5.38 Å². The van der Waals surface area contributed by atoms with E-state index in [4.69, 9.17) is 0 Å². The lowest BCUT2D eigenvalue weighted by Crippen LogP contribution is -2.34. The van der Waals surface area contributed by atoms with Crippen molar-refractivity contribution in [3.8, 4) is 0 Å². The van der Waals surface area contributed by atoms with Crippen molar-refractivity contribution < 1.29 is 5.11 Å². The molecule has 1 aliphatic heterocycles. The molecular weight excluding hydrogens is 244 g/mol. The molecular formula is C14H24N2OS. The van der Waals surface area contributed by atoms with Crippen LogP contribution in [0.1, 0.15) is 63.3 Å². The van der Waals surface area contributed by atoms with Gasteiger partial charge in [0.05, 0.1) is 10.7 Å². The van der Waals surface area contributed by atoms with Gasteiger partial charge in [0.2, 0.25) is 0 Å². The van der Waals surface area contributed by atoms with Crippen molar-refractivity contribution in [3.05, 3.63) is 16.1 Å². The van der Waals surface area contributed by atoms with Crippen LogP contribution in [0.5, 0.6) is 0 Å². The van der Waals surface area contributed by atoms with E-state index in [1.165, 1.54) is 19.3 Å². The molecule has 0 amide bonds. The molecule has 2 heterocycles. The van der Waals surface area contributed by atoms with E-state index in [0.717, 1.165) is 23.7 Å². The first kappa shape index (κ1) is 14.0. The molecule has 1 aromatic rings. The van der Waals surface area contributed by atoms with Crippen molar-refractivity contribution >= 4 is 11.3 Å². The van der Waals surface area contributed by atoms with Gasteiger partial charge in [0, 0.05) is 16.8 Å². The minimum atomic E-state index is -0.463. The number of aliphatic hydroxyl groups is 1. The molecule has 2 unspecified atom stereocenters. The van der Waals surface area contributed by atoms with Gasteiger partial charge >= 0.3 is 0 Å². The molecule has 1 aromatic heterocycles. The standard InChI is InChI=1S/C14H24N2OS/c1-14(2,3)13-16-11(9-18-13)12(17)10-7-5-4-6-8-15-10/h9-10,12,15,17H,4-8H2,1-3H3. The van der Waals surface area contributed by atoms with Gasteiger partial charge in [-0.3, -0.25) is 0 Å². The minimum absolute atomic E-state index is 0.0690. The molecule has 0 saturated carbocycles. The predicted octanol–water partition coefficient (Wildman–Crippen LogP) is 3.01. The van der Waals surface area contributed by atoms with E-state index in [0.29, 0.717) is 0 Å². The number of aromatic nitrogens is 1. The molecule has 1 saturated heterocycles. The Morgan fingerprint density at radius 1 is 1.39 bits per heavy atom. The molecule has 0 bridgehead atoms. The van der Waals surface area contributed by atoms with Crippen LogP contribution >= 0.6 is 11.3 Å². The summed E-state index contributed by atoms with van der Waals surface area (Å²) in [5.41, 5.74) is 0.906. The van der Waals surface area contributed by atoms with Crippen molar-refractivity contribution in [2.75, 3.05) is 6.54 Å². The van der Waals surface area contributed by atoms with E-state index >= 15 is 0 Å². The van der Waals surface area contributed by atoms with Crippen LogP contribution in [-0.2, 0) is 5.41 Å². The molecule has 3 nitrogen and oxygen atoms in total. The zero-order valence-electron chi connectivity index (χ0n) is 11.6. The number of hydrogen-bond donors (Lipinski definition) is 2. The average Bonchev–Trinajstić information content (AvgIpc) is 2.65. The number of thiazole rings is 1. The monoisotopic (exact) mass is 268 g/mol. The van der Waals surface area contributed by atoms with Crippen LogP contribution in [0.25, 0.3) is 0 Å². The minimum Gasteiger partial charge on any atom is -0.385 e. The molecule has 2 N–H and O–H groups in total. The third-order valence-corrected chi connectivity index (χ3v) is 4.73. The Morgan fingerprint density at radius 2 is 2.17 bits per heavy atom. The molecule has 4 heteroatoms. The highest BCUT2D eigenvalue weighted by Gasteiger charge is 2.26. The highest BCUT2D eigenvalue weighted by Crippen LogP contribution is 2.29. The van der Waals surface area contributed by atoms with Gasteiger partial charge in [0.25, 0.3) is 0 Å². The summed E-state index contributed by atoms with van der Waals surface area (Å²) in [4.78, 5) is 4.62. The molecule has 1 fully saturated rings. The fourth-order valence-corrected chi connectivity index (χ4v) is 3.23. The normalized spacial score (nSPS) is 23.7. The Bertz CT molecular complexity index is 375. The second kappa shape index (κ2) is 5.68.